The lowest BCUT2D eigenvalue weighted by Gasteiger charge is -2.28. The summed E-state index contributed by atoms with van der Waals surface area (Å²) in [5.41, 5.74) is 2.33. The maximum atomic E-state index is 5.06. The van der Waals surface area contributed by atoms with E-state index in [4.69, 9.17) is 4.74 Å². The van der Waals surface area contributed by atoms with E-state index in [1.807, 2.05) is 13.0 Å². The van der Waals surface area contributed by atoms with Gasteiger partial charge in [0.1, 0.15) is 17.5 Å². The molecule has 3 rings (SSSR count). The lowest BCUT2D eigenvalue weighted by Crippen LogP contribution is -2.29. The summed E-state index contributed by atoms with van der Waals surface area (Å²) in [4.78, 5) is 11.3. The van der Waals surface area contributed by atoms with Gasteiger partial charge < -0.3 is 20.3 Å². The number of nitrogens with zero attached hydrogens (tertiary/aromatic N) is 3. The molecule has 1 aliphatic rings. The Morgan fingerprint density at radius 3 is 2.48 bits per heavy atom. The number of ether oxygens (including phenoxy) is 1. The summed E-state index contributed by atoms with van der Waals surface area (Å²) < 4.78 is 5.06. The largest absolute Gasteiger partial charge is 0.383 e. The van der Waals surface area contributed by atoms with E-state index in [9.17, 15) is 0 Å². The van der Waals surface area contributed by atoms with E-state index < -0.39 is 0 Å². The summed E-state index contributed by atoms with van der Waals surface area (Å²) in [5, 5.41) is 6.61. The van der Waals surface area contributed by atoms with Crippen molar-refractivity contribution < 1.29 is 4.74 Å². The van der Waals surface area contributed by atoms with Crippen LogP contribution in [-0.2, 0) is 4.74 Å². The van der Waals surface area contributed by atoms with E-state index >= 15 is 0 Å². The molecule has 0 amide bonds. The van der Waals surface area contributed by atoms with Crippen LogP contribution in [0.4, 0.5) is 23.0 Å². The molecule has 0 saturated carbocycles. The van der Waals surface area contributed by atoms with Crippen molar-refractivity contribution in [2.75, 3.05) is 48.9 Å². The highest BCUT2D eigenvalue weighted by Gasteiger charge is 2.10. The van der Waals surface area contributed by atoms with E-state index in [1.54, 1.807) is 7.11 Å². The minimum absolute atomic E-state index is 0.643. The number of benzene rings is 1. The minimum atomic E-state index is 0.643. The molecule has 2 heterocycles. The van der Waals surface area contributed by atoms with Gasteiger partial charge in [-0.05, 0) is 50.5 Å². The summed E-state index contributed by atoms with van der Waals surface area (Å²) >= 11 is 0. The fraction of sp³-hybridized carbons (Fsp3) is 0.474. The van der Waals surface area contributed by atoms with Gasteiger partial charge >= 0.3 is 0 Å². The maximum absolute atomic E-state index is 5.06. The molecule has 1 aromatic heterocycles. The van der Waals surface area contributed by atoms with Crippen molar-refractivity contribution in [2.24, 2.45) is 0 Å². The summed E-state index contributed by atoms with van der Waals surface area (Å²) in [7, 11) is 1.69. The quantitative estimate of drug-likeness (QED) is 0.751. The van der Waals surface area contributed by atoms with Gasteiger partial charge in [-0.1, -0.05) is 0 Å². The molecular weight excluding hydrogens is 314 g/mol. The normalized spacial score (nSPS) is 14.4. The van der Waals surface area contributed by atoms with Crippen molar-refractivity contribution in [2.45, 2.75) is 26.2 Å². The number of anilines is 4. The van der Waals surface area contributed by atoms with Crippen molar-refractivity contribution in [3.8, 4) is 0 Å². The number of hydrogen-bond donors (Lipinski definition) is 2. The first-order valence-electron chi connectivity index (χ1n) is 8.95. The number of aromatic nitrogens is 2. The first kappa shape index (κ1) is 17.5. The predicted octanol–water partition coefficient (Wildman–Crippen LogP) is 3.58. The Kier molecular flexibility index (Phi) is 6.06. The second-order valence-electron chi connectivity index (χ2n) is 6.32. The van der Waals surface area contributed by atoms with Gasteiger partial charge in [0.25, 0.3) is 0 Å². The zero-order valence-corrected chi connectivity index (χ0v) is 15.1. The van der Waals surface area contributed by atoms with Crippen LogP contribution in [0.5, 0.6) is 0 Å². The molecule has 0 unspecified atom stereocenters. The summed E-state index contributed by atoms with van der Waals surface area (Å²) in [6.07, 6.45) is 3.93. The Labute approximate surface area is 149 Å². The summed E-state index contributed by atoms with van der Waals surface area (Å²) in [6.45, 7) is 5.58. The SMILES string of the molecule is COCCNc1cc(Nc2ccc(N3CCCCC3)cc2)nc(C)n1. The zero-order valence-electron chi connectivity index (χ0n) is 15.1. The van der Waals surface area contributed by atoms with Crippen LogP contribution in [-0.4, -0.2) is 43.3 Å². The lowest BCUT2D eigenvalue weighted by molar-refractivity contribution is 0.210. The van der Waals surface area contributed by atoms with Crippen LogP contribution in [0.25, 0.3) is 0 Å². The van der Waals surface area contributed by atoms with Crippen molar-refractivity contribution in [3.05, 3.63) is 36.2 Å². The van der Waals surface area contributed by atoms with Crippen LogP contribution < -0.4 is 15.5 Å². The molecule has 0 spiro atoms. The number of piperidine rings is 1. The molecule has 1 aliphatic heterocycles. The highest BCUT2D eigenvalue weighted by Crippen LogP contribution is 2.23. The van der Waals surface area contributed by atoms with Gasteiger partial charge in [-0.25, -0.2) is 9.97 Å². The molecule has 0 aliphatic carbocycles. The second-order valence-corrected chi connectivity index (χ2v) is 6.32. The van der Waals surface area contributed by atoms with Gasteiger partial charge in [-0.2, -0.15) is 0 Å². The van der Waals surface area contributed by atoms with Crippen molar-refractivity contribution in [3.63, 3.8) is 0 Å². The van der Waals surface area contributed by atoms with Crippen molar-refractivity contribution in [1.29, 1.82) is 0 Å². The Morgan fingerprint density at radius 2 is 1.76 bits per heavy atom. The van der Waals surface area contributed by atoms with Gasteiger partial charge in [0.05, 0.1) is 6.61 Å². The smallest absolute Gasteiger partial charge is 0.136 e. The van der Waals surface area contributed by atoms with E-state index in [2.05, 4.69) is 49.8 Å². The minimum Gasteiger partial charge on any atom is -0.383 e. The molecule has 2 aromatic rings. The van der Waals surface area contributed by atoms with E-state index in [1.165, 1.54) is 24.9 Å². The van der Waals surface area contributed by atoms with E-state index in [-0.39, 0.29) is 0 Å². The Hall–Kier alpha value is -2.34. The third-order valence-electron chi connectivity index (χ3n) is 4.31. The van der Waals surface area contributed by atoms with Gasteiger partial charge in [0.15, 0.2) is 0 Å². The molecule has 6 nitrogen and oxygen atoms in total. The monoisotopic (exact) mass is 341 g/mol. The fourth-order valence-electron chi connectivity index (χ4n) is 3.06. The van der Waals surface area contributed by atoms with Crippen LogP contribution >= 0.6 is 0 Å². The number of hydrogen-bond acceptors (Lipinski definition) is 6. The first-order chi connectivity index (χ1) is 12.2. The molecule has 0 atom stereocenters. The third-order valence-corrected chi connectivity index (χ3v) is 4.31. The number of rotatable bonds is 7. The van der Waals surface area contributed by atoms with Crippen LogP contribution in [0.3, 0.4) is 0 Å². The van der Waals surface area contributed by atoms with Gasteiger partial charge in [-0.15, -0.1) is 0 Å². The molecule has 1 saturated heterocycles. The van der Waals surface area contributed by atoms with Gasteiger partial charge in [0, 0.05) is 44.2 Å². The standard InChI is InChI=1S/C19H27N5O/c1-15-21-18(20-10-13-25-2)14-19(22-15)23-16-6-8-17(9-7-16)24-11-4-3-5-12-24/h6-9,14H,3-5,10-13H2,1-2H3,(H2,20,21,22,23). The number of methoxy groups -OCH3 is 1. The van der Waals surface area contributed by atoms with E-state index in [0.717, 1.165) is 42.8 Å². The molecule has 1 fully saturated rings. The van der Waals surface area contributed by atoms with Gasteiger partial charge in [-0.3, -0.25) is 0 Å². The molecule has 134 valence electrons. The second kappa shape index (κ2) is 8.67. The molecule has 1 aromatic carbocycles. The van der Waals surface area contributed by atoms with Crippen molar-refractivity contribution in [1.82, 2.24) is 9.97 Å². The number of aryl methyl sites for hydroxylation is 1. The highest BCUT2D eigenvalue weighted by atomic mass is 16.5. The lowest BCUT2D eigenvalue weighted by atomic mass is 10.1. The molecular formula is C19H27N5O. The van der Waals surface area contributed by atoms with Gasteiger partial charge in [0.2, 0.25) is 0 Å². The Morgan fingerprint density at radius 1 is 1.04 bits per heavy atom. The molecule has 0 radical (unpaired) electrons. The summed E-state index contributed by atoms with van der Waals surface area (Å²) in [5.74, 6) is 2.32. The molecule has 2 N–H and O–H groups in total. The average molecular weight is 341 g/mol. The highest BCUT2D eigenvalue weighted by molar-refractivity contribution is 5.62. The zero-order chi connectivity index (χ0) is 17.5. The topological polar surface area (TPSA) is 62.3 Å². The average Bonchev–Trinajstić information content (AvgIpc) is 2.63. The molecule has 6 heteroatoms. The Bertz CT molecular complexity index is 668. The Balaban J connectivity index is 1.65. The molecule has 0 bridgehead atoms. The number of nitrogens with one attached hydrogen (secondary N) is 2. The van der Waals surface area contributed by atoms with Crippen molar-refractivity contribution >= 4 is 23.0 Å². The van der Waals surface area contributed by atoms with Crippen LogP contribution in [0, 0.1) is 6.92 Å². The van der Waals surface area contributed by atoms with Crippen LogP contribution in [0.1, 0.15) is 25.1 Å². The van der Waals surface area contributed by atoms with E-state index in [0.29, 0.717) is 6.61 Å². The third kappa shape index (κ3) is 5.06. The fourth-order valence-corrected chi connectivity index (χ4v) is 3.06. The molecule has 25 heavy (non-hydrogen) atoms. The van der Waals surface area contributed by atoms with Crippen LogP contribution in [0.15, 0.2) is 30.3 Å². The van der Waals surface area contributed by atoms with Crippen LogP contribution in [0.2, 0.25) is 0 Å². The predicted molar refractivity (Wildman–Crippen MR) is 103 cm³/mol. The maximum Gasteiger partial charge on any atom is 0.136 e. The first-order valence-corrected chi connectivity index (χ1v) is 8.95. The summed E-state index contributed by atoms with van der Waals surface area (Å²) in [6, 6.07) is 10.5.